The molecule has 0 saturated heterocycles. The normalized spacial score (nSPS) is 12.8. The fourth-order valence-corrected chi connectivity index (χ4v) is 1.69. The highest BCUT2D eigenvalue weighted by Crippen LogP contribution is 2.17. The first-order chi connectivity index (χ1) is 6.77. The van der Waals surface area contributed by atoms with Gasteiger partial charge in [0, 0.05) is 18.4 Å². The van der Waals surface area contributed by atoms with Gasteiger partial charge >= 0.3 is 0 Å². The van der Waals surface area contributed by atoms with Crippen LogP contribution in [0.15, 0.2) is 18.5 Å². The van der Waals surface area contributed by atoms with Crippen molar-refractivity contribution in [2.24, 2.45) is 0 Å². The highest BCUT2D eigenvalue weighted by Gasteiger charge is 2.08. The summed E-state index contributed by atoms with van der Waals surface area (Å²) in [5, 5.41) is 3.49. The van der Waals surface area contributed by atoms with Crippen molar-refractivity contribution in [1.82, 2.24) is 10.3 Å². The van der Waals surface area contributed by atoms with E-state index in [1.807, 2.05) is 12.4 Å². The zero-order chi connectivity index (χ0) is 10.4. The molecule has 0 aliphatic rings. The number of pyridine rings is 1. The number of nitrogens with zero attached hydrogens (tertiary/aromatic N) is 1. The summed E-state index contributed by atoms with van der Waals surface area (Å²) in [7, 11) is 0. The first-order valence-electron chi connectivity index (χ1n) is 5.42. The van der Waals surface area contributed by atoms with E-state index >= 15 is 0 Å². The Morgan fingerprint density at radius 2 is 2.14 bits per heavy atom. The lowest BCUT2D eigenvalue weighted by Gasteiger charge is -2.17. The van der Waals surface area contributed by atoms with E-state index in [0.29, 0.717) is 6.04 Å². The van der Waals surface area contributed by atoms with E-state index in [9.17, 15) is 0 Å². The maximum atomic E-state index is 4.23. The molecule has 0 aromatic carbocycles. The van der Waals surface area contributed by atoms with Gasteiger partial charge in [-0.2, -0.15) is 0 Å². The van der Waals surface area contributed by atoms with Gasteiger partial charge in [0.25, 0.3) is 0 Å². The van der Waals surface area contributed by atoms with Crippen molar-refractivity contribution in [3.63, 3.8) is 0 Å². The standard InChI is InChI=1S/C12H20N2/c1-4-6-12(14-5-2)11-7-10(3)8-13-9-11/h7-9,12,14H,4-6H2,1-3H3. The molecule has 0 bridgehead atoms. The van der Waals surface area contributed by atoms with Crippen molar-refractivity contribution < 1.29 is 0 Å². The molecule has 0 fully saturated rings. The summed E-state index contributed by atoms with van der Waals surface area (Å²) in [5.74, 6) is 0. The zero-order valence-electron chi connectivity index (χ0n) is 9.38. The van der Waals surface area contributed by atoms with Crippen molar-refractivity contribution in [3.05, 3.63) is 29.6 Å². The second-order valence-corrected chi connectivity index (χ2v) is 3.69. The van der Waals surface area contributed by atoms with E-state index in [0.717, 1.165) is 6.54 Å². The first kappa shape index (κ1) is 11.2. The molecule has 14 heavy (non-hydrogen) atoms. The molecule has 1 unspecified atom stereocenters. The molecule has 78 valence electrons. The Hall–Kier alpha value is -0.890. The Kier molecular flexibility index (Phi) is 4.60. The van der Waals surface area contributed by atoms with E-state index in [-0.39, 0.29) is 0 Å². The second kappa shape index (κ2) is 5.76. The van der Waals surface area contributed by atoms with E-state index in [1.54, 1.807) is 0 Å². The van der Waals surface area contributed by atoms with E-state index in [1.165, 1.54) is 24.0 Å². The van der Waals surface area contributed by atoms with Crippen LogP contribution in [0.4, 0.5) is 0 Å². The van der Waals surface area contributed by atoms with Gasteiger partial charge in [0.1, 0.15) is 0 Å². The number of aromatic nitrogens is 1. The Bertz CT molecular complexity index is 265. The SMILES string of the molecule is CCCC(NCC)c1cncc(C)c1. The summed E-state index contributed by atoms with van der Waals surface area (Å²) in [6.45, 7) is 7.46. The summed E-state index contributed by atoms with van der Waals surface area (Å²) in [5.41, 5.74) is 2.55. The van der Waals surface area contributed by atoms with Crippen LogP contribution in [0, 0.1) is 6.92 Å². The second-order valence-electron chi connectivity index (χ2n) is 3.69. The third-order valence-electron chi connectivity index (χ3n) is 2.33. The van der Waals surface area contributed by atoms with Gasteiger partial charge in [-0.25, -0.2) is 0 Å². The molecule has 2 heteroatoms. The molecule has 1 rings (SSSR count). The van der Waals surface area contributed by atoms with Crippen molar-refractivity contribution in [3.8, 4) is 0 Å². The first-order valence-corrected chi connectivity index (χ1v) is 5.42. The van der Waals surface area contributed by atoms with Crippen LogP contribution in [-0.4, -0.2) is 11.5 Å². The van der Waals surface area contributed by atoms with Gasteiger partial charge in [0.15, 0.2) is 0 Å². The van der Waals surface area contributed by atoms with E-state index < -0.39 is 0 Å². The van der Waals surface area contributed by atoms with Gasteiger partial charge in [-0.05, 0) is 31.0 Å². The van der Waals surface area contributed by atoms with Gasteiger partial charge < -0.3 is 5.32 Å². The summed E-state index contributed by atoms with van der Waals surface area (Å²) in [6.07, 6.45) is 6.25. The molecule has 0 aliphatic heterocycles. The number of aryl methyl sites for hydroxylation is 1. The lowest BCUT2D eigenvalue weighted by molar-refractivity contribution is 0.508. The minimum absolute atomic E-state index is 0.470. The molecule has 0 spiro atoms. The maximum Gasteiger partial charge on any atom is 0.0335 e. The van der Waals surface area contributed by atoms with Crippen LogP contribution >= 0.6 is 0 Å². The molecule has 1 heterocycles. The average Bonchev–Trinajstić information content (AvgIpc) is 2.17. The Morgan fingerprint density at radius 3 is 2.71 bits per heavy atom. The minimum atomic E-state index is 0.470. The molecular formula is C12H20N2. The Morgan fingerprint density at radius 1 is 1.36 bits per heavy atom. The molecule has 0 amide bonds. The Balaban J connectivity index is 2.75. The molecular weight excluding hydrogens is 172 g/mol. The molecule has 2 nitrogen and oxygen atoms in total. The van der Waals surface area contributed by atoms with Crippen molar-refractivity contribution in [1.29, 1.82) is 0 Å². The largest absolute Gasteiger partial charge is 0.310 e. The lowest BCUT2D eigenvalue weighted by Crippen LogP contribution is -2.20. The molecule has 1 N–H and O–H groups in total. The Labute approximate surface area is 86.8 Å². The van der Waals surface area contributed by atoms with Gasteiger partial charge in [-0.15, -0.1) is 0 Å². The number of hydrogen-bond acceptors (Lipinski definition) is 2. The molecule has 1 aromatic rings. The fourth-order valence-electron chi connectivity index (χ4n) is 1.69. The predicted octanol–water partition coefficient (Wildman–Crippen LogP) is 2.84. The fraction of sp³-hybridized carbons (Fsp3) is 0.583. The quantitative estimate of drug-likeness (QED) is 0.776. The van der Waals surface area contributed by atoms with E-state index in [4.69, 9.17) is 0 Å². The smallest absolute Gasteiger partial charge is 0.0335 e. The lowest BCUT2D eigenvalue weighted by atomic mass is 10.0. The van der Waals surface area contributed by atoms with Crippen LogP contribution in [0.5, 0.6) is 0 Å². The van der Waals surface area contributed by atoms with Gasteiger partial charge in [-0.3, -0.25) is 4.98 Å². The van der Waals surface area contributed by atoms with E-state index in [2.05, 4.69) is 37.1 Å². The van der Waals surface area contributed by atoms with Gasteiger partial charge in [-0.1, -0.05) is 26.3 Å². The topological polar surface area (TPSA) is 24.9 Å². The predicted molar refractivity (Wildman–Crippen MR) is 60.3 cm³/mol. The van der Waals surface area contributed by atoms with Crippen LogP contribution in [0.1, 0.15) is 43.9 Å². The van der Waals surface area contributed by atoms with Crippen LogP contribution in [-0.2, 0) is 0 Å². The monoisotopic (exact) mass is 192 g/mol. The van der Waals surface area contributed by atoms with Gasteiger partial charge in [0.2, 0.25) is 0 Å². The van der Waals surface area contributed by atoms with Crippen LogP contribution in [0.2, 0.25) is 0 Å². The summed E-state index contributed by atoms with van der Waals surface area (Å²) >= 11 is 0. The highest BCUT2D eigenvalue weighted by molar-refractivity contribution is 5.20. The molecule has 0 saturated carbocycles. The minimum Gasteiger partial charge on any atom is -0.310 e. The van der Waals surface area contributed by atoms with Crippen molar-refractivity contribution in [2.75, 3.05) is 6.54 Å². The summed E-state index contributed by atoms with van der Waals surface area (Å²) in [4.78, 5) is 4.23. The number of nitrogens with one attached hydrogen (secondary N) is 1. The maximum absolute atomic E-state index is 4.23. The molecule has 1 atom stereocenters. The van der Waals surface area contributed by atoms with Crippen LogP contribution in [0.3, 0.4) is 0 Å². The molecule has 1 aromatic heterocycles. The third-order valence-corrected chi connectivity index (χ3v) is 2.33. The average molecular weight is 192 g/mol. The highest BCUT2D eigenvalue weighted by atomic mass is 14.9. The van der Waals surface area contributed by atoms with Crippen LogP contribution < -0.4 is 5.32 Å². The third kappa shape index (κ3) is 3.11. The number of rotatable bonds is 5. The zero-order valence-corrected chi connectivity index (χ0v) is 9.38. The van der Waals surface area contributed by atoms with Crippen LogP contribution in [0.25, 0.3) is 0 Å². The van der Waals surface area contributed by atoms with Crippen molar-refractivity contribution >= 4 is 0 Å². The summed E-state index contributed by atoms with van der Waals surface area (Å²) < 4.78 is 0. The van der Waals surface area contributed by atoms with Gasteiger partial charge in [0.05, 0.1) is 0 Å². The molecule has 0 aliphatic carbocycles. The number of hydrogen-bond donors (Lipinski definition) is 1. The van der Waals surface area contributed by atoms with Crippen molar-refractivity contribution in [2.45, 2.75) is 39.7 Å². The molecule has 0 radical (unpaired) electrons. The summed E-state index contributed by atoms with van der Waals surface area (Å²) in [6, 6.07) is 2.69.